The smallest absolute Gasteiger partial charge is 0.337 e. The lowest BCUT2D eigenvalue weighted by Gasteiger charge is -2.31. The Morgan fingerprint density at radius 1 is 1.09 bits per heavy atom. The Hall–Kier alpha value is -2.14. The molecule has 3 rings (SSSR count). The van der Waals surface area contributed by atoms with Crippen molar-refractivity contribution in [3.63, 3.8) is 0 Å². The van der Waals surface area contributed by atoms with Crippen molar-refractivity contribution in [3.05, 3.63) is 57.8 Å². The second-order valence-corrected chi connectivity index (χ2v) is 6.63. The number of carbonyl (C=O) groups excluding carboxylic acids is 2. The minimum absolute atomic E-state index is 0.0334. The normalized spacial score (nSPS) is 15.4. The standard InChI is InChI=1S/C18H19NO3S/c1-22-18(21)15-6-4-14(5-7-15)17(20)19-10-8-13(9-11-19)16-3-2-12-23-16/h2-7,12-13H,8-11H2,1H3. The van der Waals surface area contributed by atoms with Crippen LogP contribution in [0.4, 0.5) is 0 Å². The molecule has 1 aliphatic rings. The maximum atomic E-state index is 12.6. The molecule has 0 radical (unpaired) electrons. The second kappa shape index (κ2) is 6.96. The molecule has 0 spiro atoms. The average Bonchev–Trinajstić information content (AvgIpc) is 3.15. The van der Waals surface area contributed by atoms with Crippen LogP contribution in [0.5, 0.6) is 0 Å². The van der Waals surface area contributed by atoms with Gasteiger partial charge in [-0.3, -0.25) is 4.79 Å². The van der Waals surface area contributed by atoms with Gasteiger partial charge in [-0.1, -0.05) is 6.07 Å². The number of likely N-dealkylation sites (tertiary alicyclic amines) is 1. The van der Waals surface area contributed by atoms with Crippen molar-refractivity contribution in [3.8, 4) is 0 Å². The lowest BCUT2D eigenvalue weighted by atomic mass is 9.95. The van der Waals surface area contributed by atoms with E-state index >= 15 is 0 Å². The molecule has 0 unspecified atom stereocenters. The molecular weight excluding hydrogens is 310 g/mol. The number of hydrogen-bond donors (Lipinski definition) is 0. The van der Waals surface area contributed by atoms with Crippen LogP contribution in [0.25, 0.3) is 0 Å². The molecule has 1 aliphatic heterocycles. The summed E-state index contributed by atoms with van der Waals surface area (Å²) in [6.07, 6.45) is 2.01. The number of ether oxygens (including phenoxy) is 1. The Labute approximate surface area is 139 Å². The van der Waals surface area contributed by atoms with Gasteiger partial charge >= 0.3 is 5.97 Å². The summed E-state index contributed by atoms with van der Waals surface area (Å²) in [7, 11) is 1.35. The van der Waals surface area contributed by atoms with E-state index in [9.17, 15) is 9.59 Å². The molecule has 2 aromatic rings. The first-order chi connectivity index (χ1) is 11.2. The SMILES string of the molecule is COC(=O)c1ccc(C(=O)N2CCC(c3cccs3)CC2)cc1. The van der Waals surface area contributed by atoms with Crippen LogP contribution in [-0.2, 0) is 4.74 Å². The van der Waals surface area contributed by atoms with E-state index in [2.05, 4.69) is 22.2 Å². The van der Waals surface area contributed by atoms with E-state index in [1.807, 2.05) is 4.90 Å². The second-order valence-electron chi connectivity index (χ2n) is 5.65. The Morgan fingerprint density at radius 2 is 1.74 bits per heavy atom. The maximum Gasteiger partial charge on any atom is 0.337 e. The third-order valence-corrected chi connectivity index (χ3v) is 5.32. The van der Waals surface area contributed by atoms with Crippen LogP contribution in [0, 0.1) is 0 Å². The molecule has 0 N–H and O–H groups in total. The molecule has 23 heavy (non-hydrogen) atoms. The van der Waals surface area contributed by atoms with Crippen LogP contribution >= 0.6 is 11.3 Å². The highest BCUT2D eigenvalue weighted by Gasteiger charge is 2.25. The lowest BCUT2D eigenvalue weighted by molar-refractivity contribution is 0.0599. The number of esters is 1. The number of carbonyl (C=O) groups is 2. The van der Waals surface area contributed by atoms with Crippen molar-refractivity contribution in [2.24, 2.45) is 0 Å². The van der Waals surface area contributed by atoms with Crippen molar-refractivity contribution >= 4 is 23.2 Å². The Kier molecular flexibility index (Phi) is 4.76. The number of benzene rings is 1. The van der Waals surface area contributed by atoms with Gasteiger partial charge in [-0.05, 0) is 54.5 Å². The molecule has 4 nitrogen and oxygen atoms in total. The monoisotopic (exact) mass is 329 g/mol. The zero-order chi connectivity index (χ0) is 16.2. The zero-order valence-corrected chi connectivity index (χ0v) is 13.8. The maximum absolute atomic E-state index is 12.6. The van der Waals surface area contributed by atoms with Crippen LogP contribution in [0.1, 0.15) is 44.4 Å². The summed E-state index contributed by atoms with van der Waals surface area (Å²) in [5, 5.41) is 2.11. The minimum atomic E-state index is -0.388. The quantitative estimate of drug-likeness (QED) is 0.809. The molecule has 1 fully saturated rings. The molecule has 2 heterocycles. The summed E-state index contributed by atoms with van der Waals surface area (Å²) in [5.74, 6) is 0.215. The number of piperidine rings is 1. The molecule has 0 atom stereocenters. The summed E-state index contributed by atoms with van der Waals surface area (Å²) in [6.45, 7) is 1.56. The average molecular weight is 329 g/mol. The van der Waals surface area contributed by atoms with Crippen LogP contribution in [0.2, 0.25) is 0 Å². The molecule has 0 bridgehead atoms. The fraction of sp³-hybridized carbons (Fsp3) is 0.333. The van der Waals surface area contributed by atoms with Crippen molar-refractivity contribution in [1.82, 2.24) is 4.90 Å². The van der Waals surface area contributed by atoms with Crippen molar-refractivity contribution in [2.75, 3.05) is 20.2 Å². The number of amides is 1. The molecule has 120 valence electrons. The molecule has 1 aromatic heterocycles. The molecular formula is C18H19NO3S. The number of nitrogens with zero attached hydrogens (tertiary/aromatic N) is 1. The van der Waals surface area contributed by atoms with Crippen molar-refractivity contribution in [1.29, 1.82) is 0 Å². The van der Waals surface area contributed by atoms with Gasteiger partial charge in [0.1, 0.15) is 0 Å². The van der Waals surface area contributed by atoms with E-state index in [-0.39, 0.29) is 11.9 Å². The van der Waals surface area contributed by atoms with Crippen molar-refractivity contribution in [2.45, 2.75) is 18.8 Å². The summed E-state index contributed by atoms with van der Waals surface area (Å²) in [5.41, 5.74) is 1.08. The molecule has 0 aliphatic carbocycles. The van der Waals surface area contributed by atoms with Gasteiger partial charge in [0.15, 0.2) is 0 Å². The van der Waals surface area contributed by atoms with Gasteiger partial charge in [-0.25, -0.2) is 4.79 Å². The van der Waals surface area contributed by atoms with Crippen LogP contribution in [0.3, 0.4) is 0 Å². The summed E-state index contributed by atoms with van der Waals surface area (Å²) in [4.78, 5) is 27.3. The van der Waals surface area contributed by atoms with Crippen LogP contribution in [0.15, 0.2) is 41.8 Å². The van der Waals surface area contributed by atoms with E-state index in [1.54, 1.807) is 35.6 Å². The number of hydrogen-bond acceptors (Lipinski definition) is 4. The van der Waals surface area contributed by atoms with Gasteiger partial charge in [0.05, 0.1) is 12.7 Å². The van der Waals surface area contributed by atoms with Gasteiger partial charge in [-0.2, -0.15) is 0 Å². The van der Waals surface area contributed by atoms with E-state index in [4.69, 9.17) is 0 Å². The first-order valence-electron chi connectivity index (χ1n) is 7.70. The number of thiophene rings is 1. The molecule has 0 saturated carbocycles. The van der Waals surface area contributed by atoms with Gasteiger partial charge in [0, 0.05) is 23.5 Å². The first kappa shape index (κ1) is 15.7. The van der Waals surface area contributed by atoms with E-state index in [1.165, 1.54) is 12.0 Å². The van der Waals surface area contributed by atoms with Crippen molar-refractivity contribution < 1.29 is 14.3 Å². The largest absolute Gasteiger partial charge is 0.465 e. The minimum Gasteiger partial charge on any atom is -0.465 e. The van der Waals surface area contributed by atoms with Gasteiger partial charge in [-0.15, -0.1) is 11.3 Å². The van der Waals surface area contributed by atoms with Gasteiger partial charge < -0.3 is 9.64 Å². The Balaban J connectivity index is 1.62. The molecule has 1 aromatic carbocycles. The van der Waals surface area contributed by atoms with Crippen LogP contribution in [-0.4, -0.2) is 37.0 Å². The predicted octanol–water partition coefficient (Wildman–Crippen LogP) is 3.55. The molecule has 5 heteroatoms. The van der Waals surface area contributed by atoms with E-state index in [0.717, 1.165) is 25.9 Å². The first-order valence-corrected chi connectivity index (χ1v) is 8.58. The number of methoxy groups -OCH3 is 1. The third kappa shape index (κ3) is 3.45. The third-order valence-electron chi connectivity index (χ3n) is 4.28. The van der Waals surface area contributed by atoms with Gasteiger partial charge in [0.25, 0.3) is 5.91 Å². The summed E-state index contributed by atoms with van der Waals surface area (Å²) >= 11 is 1.79. The lowest BCUT2D eigenvalue weighted by Crippen LogP contribution is -2.37. The van der Waals surface area contributed by atoms with Crippen LogP contribution < -0.4 is 0 Å². The predicted molar refractivity (Wildman–Crippen MR) is 90.0 cm³/mol. The summed E-state index contributed by atoms with van der Waals surface area (Å²) < 4.78 is 4.67. The molecule has 1 saturated heterocycles. The topological polar surface area (TPSA) is 46.6 Å². The fourth-order valence-corrected chi connectivity index (χ4v) is 3.84. The van der Waals surface area contributed by atoms with E-state index < -0.39 is 0 Å². The Bertz CT molecular complexity index is 671. The molecule has 1 amide bonds. The highest BCUT2D eigenvalue weighted by atomic mass is 32.1. The highest BCUT2D eigenvalue weighted by molar-refractivity contribution is 7.10. The summed E-state index contributed by atoms with van der Waals surface area (Å²) in [6, 6.07) is 10.9. The fourth-order valence-electron chi connectivity index (χ4n) is 2.94. The zero-order valence-electron chi connectivity index (χ0n) is 13.0. The Morgan fingerprint density at radius 3 is 2.30 bits per heavy atom. The van der Waals surface area contributed by atoms with E-state index in [0.29, 0.717) is 17.0 Å². The highest BCUT2D eigenvalue weighted by Crippen LogP contribution is 2.31. The number of rotatable bonds is 3. The van der Waals surface area contributed by atoms with Gasteiger partial charge in [0.2, 0.25) is 0 Å².